The number of Topliss-reactive ketones (excluding diaryl/α,β-unsaturated/α-hetero) is 1. The van der Waals surface area contributed by atoms with Crippen LogP contribution < -0.4 is 0 Å². The predicted octanol–water partition coefficient (Wildman–Crippen LogP) is 4.59. The molecule has 3 heteroatoms. The van der Waals surface area contributed by atoms with Gasteiger partial charge in [0.15, 0.2) is 5.78 Å². The first kappa shape index (κ1) is 17.9. The minimum absolute atomic E-state index is 0.0810. The Balaban J connectivity index is 2.55. The van der Waals surface area contributed by atoms with Gasteiger partial charge in [0.2, 0.25) is 0 Å². The van der Waals surface area contributed by atoms with Crippen LogP contribution in [0.4, 0.5) is 0 Å². The first-order chi connectivity index (χ1) is 9.77. The summed E-state index contributed by atoms with van der Waals surface area (Å²) in [5.74, 6) is 0.172. The van der Waals surface area contributed by atoms with Gasteiger partial charge in [-0.15, -0.1) is 0 Å². The second-order valence-electron chi connectivity index (χ2n) is 6.85. The second-order valence-corrected chi connectivity index (χ2v) is 6.85. The first-order valence-electron chi connectivity index (χ1n) is 8.20. The van der Waals surface area contributed by atoms with Crippen LogP contribution in [0.1, 0.15) is 79.6 Å². The van der Waals surface area contributed by atoms with Gasteiger partial charge in [-0.25, -0.2) is 0 Å². The summed E-state index contributed by atoms with van der Waals surface area (Å²) in [6.45, 7) is 10.4. The Labute approximate surface area is 129 Å². The van der Waals surface area contributed by atoms with Gasteiger partial charge in [0.05, 0.1) is 6.10 Å². The molecule has 120 valence electrons. The van der Waals surface area contributed by atoms with Crippen molar-refractivity contribution in [1.29, 1.82) is 0 Å². The summed E-state index contributed by atoms with van der Waals surface area (Å²) in [6, 6.07) is 0. The molecule has 1 atom stereocenters. The maximum atomic E-state index is 11.9. The standard InChI is InChI=1S/C18H30O3/c1-6-7-8-17(20)21-13(2)9-10-15-14(3)16(19)11-12-18(15,4)5/h13H,6-12H2,1-5H3. The molecule has 1 aliphatic carbocycles. The lowest BCUT2D eigenvalue weighted by atomic mass is 9.70. The van der Waals surface area contributed by atoms with E-state index >= 15 is 0 Å². The average molecular weight is 294 g/mol. The molecule has 3 nitrogen and oxygen atoms in total. The number of esters is 1. The molecule has 0 saturated carbocycles. The van der Waals surface area contributed by atoms with E-state index in [1.165, 1.54) is 5.57 Å². The van der Waals surface area contributed by atoms with E-state index in [1.54, 1.807) is 0 Å². The normalized spacial score (nSPS) is 19.6. The van der Waals surface area contributed by atoms with Crippen molar-refractivity contribution >= 4 is 11.8 Å². The maximum absolute atomic E-state index is 11.9. The Hall–Kier alpha value is -1.12. The van der Waals surface area contributed by atoms with Crippen LogP contribution in [0.2, 0.25) is 0 Å². The molecule has 1 unspecified atom stereocenters. The molecule has 0 fully saturated rings. The number of ether oxygens (including phenoxy) is 1. The molecule has 1 rings (SSSR count). The van der Waals surface area contributed by atoms with E-state index in [1.807, 2.05) is 13.8 Å². The van der Waals surface area contributed by atoms with Crippen LogP contribution in [0.25, 0.3) is 0 Å². The van der Waals surface area contributed by atoms with Crippen molar-refractivity contribution < 1.29 is 14.3 Å². The number of unbranched alkanes of at least 4 members (excludes halogenated alkanes) is 1. The van der Waals surface area contributed by atoms with E-state index in [0.717, 1.165) is 37.7 Å². The van der Waals surface area contributed by atoms with Crippen molar-refractivity contribution in [2.75, 3.05) is 0 Å². The van der Waals surface area contributed by atoms with E-state index in [9.17, 15) is 9.59 Å². The number of hydrogen-bond donors (Lipinski definition) is 0. The van der Waals surface area contributed by atoms with Gasteiger partial charge in [-0.3, -0.25) is 9.59 Å². The molecule has 0 aromatic carbocycles. The monoisotopic (exact) mass is 294 g/mol. The van der Waals surface area contributed by atoms with Gasteiger partial charge < -0.3 is 4.74 Å². The minimum Gasteiger partial charge on any atom is -0.463 e. The lowest BCUT2D eigenvalue weighted by Crippen LogP contribution is -2.26. The molecule has 0 aromatic heterocycles. The van der Waals surface area contributed by atoms with Crippen LogP contribution in [-0.4, -0.2) is 17.9 Å². The fourth-order valence-electron chi connectivity index (χ4n) is 2.98. The van der Waals surface area contributed by atoms with Gasteiger partial charge in [-0.05, 0) is 50.5 Å². The topological polar surface area (TPSA) is 43.4 Å². The summed E-state index contributed by atoms with van der Waals surface area (Å²) in [6.07, 6.45) is 5.53. The van der Waals surface area contributed by atoms with Crippen LogP contribution in [0, 0.1) is 5.41 Å². The highest BCUT2D eigenvalue weighted by Gasteiger charge is 2.32. The zero-order valence-corrected chi connectivity index (χ0v) is 14.3. The number of carbonyl (C=O) groups excluding carboxylic acids is 2. The number of carbonyl (C=O) groups is 2. The van der Waals surface area contributed by atoms with Crippen molar-refractivity contribution in [2.24, 2.45) is 5.41 Å². The molecule has 0 N–H and O–H groups in total. The molecular formula is C18H30O3. The summed E-state index contributed by atoms with van der Waals surface area (Å²) >= 11 is 0. The third-order valence-electron chi connectivity index (χ3n) is 4.53. The van der Waals surface area contributed by atoms with E-state index in [-0.39, 0.29) is 23.3 Å². The van der Waals surface area contributed by atoms with E-state index in [4.69, 9.17) is 4.74 Å². The number of hydrogen-bond acceptors (Lipinski definition) is 3. The molecule has 0 spiro atoms. The number of rotatable bonds is 7. The zero-order chi connectivity index (χ0) is 16.0. The van der Waals surface area contributed by atoms with Gasteiger partial charge >= 0.3 is 5.97 Å². The molecule has 21 heavy (non-hydrogen) atoms. The van der Waals surface area contributed by atoms with Gasteiger partial charge in [0.25, 0.3) is 0 Å². The van der Waals surface area contributed by atoms with Crippen LogP contribution in [0.15, 0.2) is 11.1 Å². The molecule has 1 aliphatic rings. The van der Waals surface area contributed by atoms with Gasteiger partial charge in [-0.1, -0.05) is 32.8 Å². The largest absolute Gasteiger partial charge is 0.463 e. The molecule has 0 radical (unpaired) electrons. The molecular weight excluding hydrogens is 264 g/mol. The minimum atomic E-state index is -0.103. The highest BCUT2D eigenvalue weighted by atomic mass is 16.5. The van der Waals surface area contributed by atoms with Gasteiger partial charge in [0.1, 0.15) is 0 Å². The molecule has 0 aliphatic heterocycles. The summed E-state index contributed by atoms with van der Waals surface area (Å²) in [5.41, 5.74) is 2.26. The molecule has 0 amide bonds. The summed E-state index contributed by atoms with van der Waals surface area (Å²) < 4.78 is 5.43. The third-order valence-corrected chi connectivity index (χ3v) is 4.53. The van der Waals surface area contributed by atoms with E-state index < -0.39 is 0 Å². The zero-order valence-electron chi connectivity index (χ0n) is 14.3. The fourth-order valence-corrected chi connectivity index (χ4v) is 2.98. The fraction of sp³-hybridized carbons (Fsp3) is 0.778. The SMILES string of the molecule is CCCCC(=O)OC(C)CCC1=C(C)C(=O)CCC1(C)C. The Morgan fingerprint density at radius 3 is 2.67 bits per heavy atom. The predicted molar refractivity (Wildman–Crippen MR) is 85.0 cm³/mol. The van der Waals surface area contributed by atoms with Crippen LogP contribution in [0.5, 0.6) is 0 Å². The van der Waals surface area contributed by atoms with E-state index in [0.29, 0.717) is 12.8 Å². The maximum Gasteiger partial charge on any atom is 0.306 e. The van der Waals surface area contributed by atoms with E-state index in [2.05, 4.69) is 20.8 Å². The highest BCUT2D eigenvalue weighted by molar-refractivity contribution is 5.96. The van der Waals surface area contributed by atoms with Crippen molar-refractivity contribution in [2.45, 2.75) is 85.7 Å². The number of allylic oxidation sites excluding steroid dienone is 2. The van der Waals surface area contributed by atoms with Crippen LogP contribution >= 0.6 is 0 Å². The van der Waals surface area contributed by atoms with Crippen LogP contribution in [0.3, 0.4) is 0 Å². The van der Waals surface area contributed by atoms with Crippen molar-refractivity contribution in [3.05, 3.63) is 11.1 Å². The Morgan fingerprint density at radius 1 is 1.38 bits per heavy atom. The number of ketones is 1. The van der Waals surface area contributed by atoms with Crippen molar-refractivity contribution in [1.82, 2.24) is 0 Å². The van der Waals surface area contributed by atoms with Gasteiger partial charge in [0, 0.05) is 12.8 Å². The van der Waals surface area contributed by atoms with Gasteiger partial charge in [-0.2, -0.15) is 0 Å². The Bertz CT molecular complexity index is 418. The molecule has 0 saturated heterocycles. The lowest BCUT2D eigenvalue weighted by Gasteiger charge is -2.34. The summed E-state index contributed by atoms with van der Waals surface area (Å²) in [4.78, 5) is 23.5. The van der Waals surface area contributed by atoms with Crippen molar-refractivity contribution in [3.63, 3.8) is 0 Å². The Morgan fingerprint density at radius 2 is 2.05 bits per heavy atom. The van der Waals surface area contributed by atoms with Crippen LogP contribution in [-0.2, 0) is 14.3 Å². The smallest absolute Gasteiger partial charge is 0.306 e. The lowest BCUT2D eigenvalue weighted by molar-refractivity contribution is -0.148. The quantitative estimate of drug-likeness (QED) is 0.645. The molecule has 0 bridgehead atoms. The summed E-state index contributed by atoms with van der Waals surface area (Å²) in [7, 11) is 0. The average Bonchev–Trinajstić information content (AvgIpc) is 2.40. The highest BCUT2D eigenvalue weighted by Crippen LogP contribution is 2.41. The molecule has 0 heterocycles. The second kappa shape index (κ2) is 7.77. The third kappa shape index (κ3) is 5.29. The summed E-state index contributed by atoms with van der Waals surface area (Å²) in [5, 5.41) is 0. The Kier molecular flexibility index (Phi) is 6.63. The van der Waals surface area contributed by atoms with Crippen molar-refractivity contribution in [3.8, 4) is 0 Å². The molecule has 0 aromatic rings. The first-order valence-corrected chi connectivity index (χ1v) is 8.20.